The van der Waals surface area contributed by atoms with Crippen LogP contribution >= 0.6 is 0 Å². The third kappa shape index (κ3) is 2.00. The predicted octanol–water partition coefficient (Wildman–Crippen LogP) is 1.36. The van der Waals surface area contributed by atoms with E-state index in [9.17, 15) is 15.2 Å². The number of nitro groups is 1. The van der Waals surface area contributed by atoms with Gasteiger partial charge in [-0.1, -0.05) is 13.0 Å². The topological polar surface area (TPSA) is 89.4 Å². The van der Waals surface area contributed by atoms with E-state index in [2.05, 4.69) is 0 Å². The predicted molar refractivity (Wildman–Crippen MR) is 52.2 cm³/mol. The van der Waals surface area contributed by atoms with Gasteiger partial charge < -0.3 is 10.8 Å². The highest BCUT2D eigenvalue weighted by molar-refractivity contribution is 5.48. The molecule has 0 aliphatic heterocycles. The Hall–Kier alpha value is -1.62. The van der Waals surface area contributed by atoms with Gasteiger partial charge >= 0.3 is 5.69 Å². The van der Waals surface area contributed by atoms with Crippen LogP contribution in [0.15, 0.2) is 18.2 Å². The minimum atomic E-state index is -0.619. The van der Waals surface area contributed by atoms with Gasteiger partial charge in [0.15, 0.2) is 5.75 Å². The summed E-state index contributed by atoms with van der Waals surface area (Å²) in [6, 6.07) is 4.28. The fourth-order valence-electron chi connectivity index (χ4n) is 1.14. The zero-order valence-electron chi connectivity index (χ0n) is 7.80. The molecular formula is C9H12N2O3. The second-order valence-electron chi connectivity index (χ2n) is 3.14. The molecule has 0 aliphatic rings. The van der Waals surface area contributed by atoms with Crippen LogP contribution in [0.5, 0.6) is 5.75 Å². The Morgan fingerprint density at radius 1 is 1.64 bits per heavy atom. The van der Waals surface area contributed by atoms with Crippen LogP contribution < -0.4 is 5.73 Å². The number of hydrogen-bond donors (Lipinski definition) is 2. The van der Waals surface area contributed by atoms with Crippen molar-refractivity contribution in [1.29, 1.82) is 0 Å². The van der Waals surface area contributed by atoms with Crippen molar-refractivity contribution in [1.82, 2.24) is 0 Å². The van der Waals surface area contributed by atoms with Gasteiger partial charge in [0.25, 0.3) is 0 Å². The molecule has 0 saturated heterocycles. The van der Waals surface area contributed by atoms with Crippen molar-refractivity contribution in [3.8, 4) is 5.75 Å². The van der Waals surface area contributed by atoms with Crippen LogP contribution in [0.3, 0.4) is 0 Å². The van der Waals surface area contributed by atoms with Gasteiger partial charge in [0.1, 0.15) is 0 Å². The summed E-state index contributed by atoms with van der Waals surface area (Å²) in [6.07, 6.45) is 0. The molecule has 5 nitrogen and oxygen atoms in total. The van der Waals surface area contributed by atoms with Gasteiger partial charge in [-0.15, -0.1) is 0 Å². The summed E-state index contributed by atoms with van der Waals surface area (Å²) in [5.41, 5.74) is 5.96. The van der Waals surface area contributed by atoms with Gasteiger partial charge in [-0.3, -0.25) is 10.1 Å². The molecular weight excluding hydrogens is 184 g/mol. The van der Waals surface area contributed by atoms with E-state index < -0.39 is 4.92 Å². The Labute approximate surface area is 81.3 Å². The number of rotatable bonds is 3. The Morgan fingerprint density at radius 3 is 2.71 bits per heavy atom. The fourth-order valence-corrected chi connectivity index (χ4v) is 1.14. The molecule has 0 amide bonds. The third-order valence-corrected chi connectivity index (χ3v) is 2.12. The van der Waals surface area contributed by atoms with Crippen LogP contribution in [0, 0.1) is 10.1 Å². The molecule has 0 aromatic heterocycles. The molecule has 0 fully saturated rings. The molecule has 1 rings (SSSR count). The molecule has 0 bridgehead atoms. The van der Waals surface area contributed by atoms with Gasteiger partial charge in [-0.2, -0.15) is 0 Å². The summed E-state index contributed by atoms with van der Waals surface area (Å²) in [5.74, 6) is -0.227. The molecule has 14 heavy (non-hydrogen) atoms. The monoisotopic (exact) mass is 196 g/mol. The van der Waals surface area contributed by atoms with Crippen LogP contribution in [0.4, 0.5) is 5.69 Å². The minimum Gasteiger partial charge on any atom is -0.502 e. The maximum atomic E-state index is 10.4. The first-order valence-corrected chi connectivity index (χ1v) is 4.23. The number of phenolic OH excluding ortho intramolecular Hbond substituents is 1. The Balaban J connectivity index is 3.06. The highest BCUT2D eigenvalue weighted by Gasteiger charge is 2.14. The van der Waals surface area contributed by atoms with Gasteiger partial charge in [0.2, 0.25) is 0 Å². The van der Waals surface area contributed by atoms with E-state index in [4.69, 9.17) is 5.73 Å². The van der Waals surface area contributed by atoms with Crippen molar-refractivity contribution in [3.05, 3.63) is 33.9 Å². The maximum Gasteiger partial charge on any atom is 0.310 e. The highest BCUT2D eigenvalue weighted by Crippen LogP contribution is 2.28. The summed E-state index contributed by atoms with van der Waals surface area (Å²) < 4.78 is 0. The Kier molecular flexibility index (Phi) is 3.03. The van der Waals surface area contributed by atoms with Crippen LogP contribution in [-0.2, 0) is 0 Å². The minimum absolute atomic E-state index is 0.0849. The third-order valence-electron chi connectivity index (χ3n) is 2.12. The van der Waals surface area contributed by atoms with E-state index in [0.717, 1.165) is 5.56 Å². The molecule has 3 N–H and O–H groups in total. The van der Waals surface area contributed by atoms with Crippen LogP contribution in [0.2, 0.25) is 0 Å². The first-order chi connectivity index (χ1) is 6.56. The van der Waals surface area contributed by atoms with Crippen LogP contribution in [0.25, 0.3) is 0 Å². The molecule has 0 spiro atoms. The molecule has 76 valence electrons. The Bertz CT molecular complexity index is 352. The summed E-state index contributed by atoms with van der Waals surface area (Å²) >= 11 is 0. The standard InChI is InChI=1S/C9H12N2O3/c1-6(5-10)7-2-3-8(11(13)14)9(12)4-7/h2-4,6,12H,5,10H2,1H3. The fraction of sp³-hybridized carbons (Fsp3) is 0.333. The van der Waals surface area contributed by atoms with Gasteiger partial charge in [0, 0.05) is 6.07 Å². The lowest BCUT2D eigenvalue weighted by molar-refractivity contribution is -0.385. The molecule has 0 radical (unpaired) electrons. The summed E-state index contributed by atoms with van der Waals surface area (Å²) in [5, 5.41) is 19.7. The van der Waals surface area contributed by atoms with Gasteiger partial charge in [-0.05, 0) is 24.1 Å². The van der Waals surface area contributed by atoms with E-state index in [1.807, 2.05) is 6.92 Å². The number of nitro benzene ring substituents is 1. The van der Waals surface area contributed by atoms with E-state index in [1.165, 1.54) is 12.1 Å². The molecule has 0 heterocycles. The van der Waals surface area contributed by atoms with Crippen LogP contribution in [0.1, 0.15) is 18.4 Å². The molecule has 0 saturated carbocycles. The first kappa shape index (κ1) is 10.5. The van der Waals surface area contributed by atoms with Crippen molar-refractivity contribution in [2.45, 2.75) is 12.8 Å². The lowest BCUT2D eigenvalue weighted by Gasteiger charge is -2.08. The van der Waals surface area contributed by atoms with Crippen molar-refractivity contribution >= 4 is 5.69 Å². The number of nitrogens with zero attached hydrogens (tertiary/aromatic N) is 1. The number of phenols is 1. The average molecular weight is 196 g/mol. The summed E-state index contributed by atoms with van der Waals surface area (Å²) in [4.78, 5) is 9.77. The smallest absolute Gasteiger partial charge is 0.310 e. The van der Waals surface area contributed by atoms with Crippen molar-refractivity contribution in [2.24, 2.45) is 5.73 Å². The molecule has 5 heteroatoms. The Morgan fingerprint density at radius 2 is 2.29 bits per heavy atom. The number of benzene rings is 1. The maximum absolute atomic E-state index is 10.4. The average Bonchev–Trinajstić information content (AvgIpc) is 2.15. The number of hydrogen-bond acceptors (Lipinski definition) is 4. The van der Waals surface area contributed by atoms with Crippen molar-refractivity contribution in [2.75, 3.05) is 6.54 Å². The number of aromatic hydroxyl groups is 1. The van der Waals surface area contributed by atoms with Crippen molar-refractivity contribution < 1.29 is 10.0 Å². The summed E-state index contributed by atoms with van der Waals surface area (Å²) in [7, 11) is 0. The first-order valence-electron chi connectivity index (χ1n) is 4.23. The zero-order valence-corrected chi connectivity index (χ0v) is 7.80. The highest BCUT2D eigenvalue weighted by atomic mass is 16.6. The molecule has 1 atom stereocenters. The quantitative estimate of drug-likeness (QED) is 0.564. The zero-order chi connectivity index (χ0) is 10.7. The lowest BCUT2D eigenvalue weighted by atomic mass is 10.0. The second kappa shape index (κ2) is 4.06. The van der Waals surface area contributed by atoms with Crippen molar-refractivity contribution in [3.63, 3.8) is 0 Å². The second-order valence-corrected chi connectivity index (χ2v) is 3.14. The summed E-state index contributed by atoms with van der Waals surface area (Å²) in [6.45, 7) is 2.33. The largest absolute Gasteiger partial charge is 0.502 e. The number of nitrogens with two attached hydrogens (primary N) is 1. The van der Waals surface area contributed by atoms with E-state index in [-0.39, 0.29) is 17.4 Å². The van der Waals surface area contributed by atoms with E-state index in [0.29, 0.717) is 6.54 Å². The van der Waals surface area contributed by atoms with E-state index >= 15 is 0 Å². The van der Waals surface area contributed by atoms with Gasteiger partial charge in [-0.25, -0.2) is 0 Å². The SMILES string of the molecule is CC(CN)c1ccc([N+](=O)[O-])c(O)c1. The molecule has 1 aromatic carbocycles. The van der Waals surface area contributed by atoms with Crippen LogP contribution in [-0.4, -0.2) is 16.6 Å². The molecule has 1 aromatic rings. The molecule has 1 unspecified atom stereocenters. The lowest BCUT2D eigenvalue weighted by Crippen LogP contribution is -2.08. The van der Waals surface area contributed by atoms with E-state index in [1.54, 1.807) is 6.07 Å². The van der Waals surface area contributed by atoms with Gasteiger partial charge in [0.05, 0.1) is 4.92 Å². The normalized spacial score (nSPS) is 12.4. The molecule has 0 aliphatic carbocycles.